The summed E-state index contributed by atoms with van der Waals surface area (Å²) in [6, 6.07) is 0. The van der Waals surface area contributed by atoms with E-state index in [1.807, 2.05) is 0 Å². The Morgan fingerprint density at radius 3 is 1.12 bits per heavy atom. The van der Waals surface area contributed by atoms with Gasteiger partial charge in [0.15, 0.2) is 0 Å². The topological polar surface area (TPSA) is 106 Å². The maximum absolute atomic E-state index is 8.74. The van der Waals surface area contributed by atoms with Gasteiger partial charge in [-0.25, -0.2) is 0 Å². The zero-order chi connectivity index (χ0) is 4.50. The monoisotopic (exact) mass is 200 g/mol. The molecule has 0 rings (SSSR count). The number of hydrogen-bond acceptors (Lipinski definition) is 2. The molecule has 5 nitrogen and oxygen atoms in total. The third kappa shape index (κ3) is 81.7. The van der Waals surface area contributed by atoms with Gasteiger partial charge in [-0.05, 0) is 0 Å². The van der Waals surface area contributed by atoms with Crippen molar-refractivity contribution in [3.8, 4) is 0 Å². The van der Waals surface area contributed by atoms with Crippen LogP contribution in [0.5, 0.6) is 0 Å². The van der Waals surface area contributed by atoms with Gasteiger partial charge < -0.3 is 11.2 Å². The van der Waals surface area contributed by atoms with E-state index < -0.39 is 10.4 Å². The van der Waals surface area contributed by atoms with E-state index in [0.717, 1.165) is 0 Å². The van der Waals surface area contributed by atoms with E-state index in [0.29, 0.717) is 0 Å². The molecule has 0 saturated heterocycles. The Hall–Kier alpha value is 2.35. The van der Waals surface area contributed by atoms with Crippen LogP contribution in [0.4, 0.5) is 0 Å². The van der Waals surface area contributed by atoms with Gasteiger partial charge in [0.05, 0.1) is 0 Å². The molecule has 48 valence electrons. The molecule has 0 aromatic carbocycles. The number of rotatable bonds is 0. The molecule has 0 aliphatic heterocycles. The van der Waals surface area contributed by atoms with Crippen LogP contribution in [0.3, 0.4) is 0 Å². The second-order valence-electron chi connectivity index (χ2n) is 0.448. The Morgan fingerprint density at radius 1 is 1.12 bits per heavy atom. The van der Waals surface area contributed by atoms with Gasteiger partial charge in [0.2, 0.25) is 0 Å². The van der Waals surface area contributed by atoms with Crippen LogP contribution < -0.4 is 0 Å². The van der Waals surface area contributed by atoms with Gasteiger partial charge >= 0.3 is 85.9 Å². The molecule has 0 aliphatic rings. The Labute approximate surface area is 113 Å². The smallest absolute Gasteiger partial charge is 1.00 e. The van der Waals surface area contributed by atoms with Crippen LogP contribution in [0.15, 0.2) is 0 Å². The summed E-state index contributed by atoms with van der Waals surface area (Å²) >= 11 is 0. The first-order chi connectivity index (χ1) is 2.00. The third-order valence-corrected chi connectivity index (χ3v) is 0. The molecule has 0 bridgehead atoms. The van der Waals surface area contributed by atoms with E-state index in [4.69, 9.17) is 17.5 Å². The maximum atomic E-state index is 8.74. The molecule has 0 amide bonds. The summed E-state index contributed by atoms with van der Waals surface area (Å²) in [5, 5.41) is 0. The second-order valence-corrected chi connectivity index (χ2v) is 1.34. The zero-order valence-corrected chi connectivity index (χ0v) is 9.27. The summed E-state index contributed by atoms with van der Waals surface area (Å²) in [4.78, 5) is 0. The van der Waals surface area contributed by atoms with Gasteiger partial charge in [-0.3, -0.25) is 9.11 Å². The standard InChI is InChI=1S/2Ca.H2O4S.H2O.4H/c;;1-5(2,3)4;;;;;/h;;(H2,1,2,3,4);1H2;;;;/q2*+2;;;4*-1. The van der Waals surface area contributed by atoms with Gasteiger partial charge in [-0.1, -0.05) is 0 Å². The second kappa shape index (κ2) is 9.35. The van der Waals surface area contributed by atoms with Crippen molar-refractivity contribution in [2.45, 2.75) is 0 Å². The molecule has 0 radical (unpaired) electrons. The molecule has 0 aromatic rings. The average Bonchev–Trinajstić information content (AvgIpc) is 0.722. The van der Waals surface area contributed by atoms with Crippen LogP contribution in [0.25, 0.3) is 0 Å². The van der Waals surface area contributed by atoms with Crippen molar-refractivity contribution in [1.29, 1.82) is 0 Å². The maximum Gasteiger partial charge on any atom is 2.00 e. The van der Waals surface area contributed by atoms with E-state index in [1.165, 1.54) is 0 Å². The fourth-order valence-corrected chi connectivity index (χ4v) is 0. The van der Waals surface area contributed by atoms with Crippen LogP contribution in [-0.4, -0.2) is 98.5 Å². The van der Waals surface area contributed by atoms with Crippen molar-refractivity contribution < 1.29 is 28.7 Å². The van der Waals surface area contributed by atoms with Crippen LogP contribution >= 0.6 is 0 Å². The van der Waals surface area contributed by atoms with Crippen molar-refractivity contribution in [3.05, 3.63) is 0 Å². The quantitative estimate of drug-likeness (QED) is 0.356. The van der Waals surface area contributed by atoms with Crippen LogP contribution in [0.2, 0.25) is 0 Å². The molecule has 0 atom stereocenters. The first-order valence-corrected chi connectivity index (χ1v) is 2.10. The Morgan fingerprint density at radius 2 is 1.12 bits per heavy atom. The Bertz CT molecular complexity index is 105. The Kier molecular flexibility index (Phi) is 26.2. The normalized spacial score (nSPS) is 7.25. The minimum Gasteiger partial charge on any atom is -1.00 e. The fraction of sp³-hybridized carbons (Fsp3) is 0. The molecule has 0 fully saturated rings. The van der Waals surface area contributed by atoms with Crippen LogP contribution in [0, 0.1) is 0 Å². The molecule has 0 aliphatic carbocycles. The minimum atomic E-state index is -4.67. The molecule has 0 saturated carbocycles. The molecule has 8 heteroatoms. The Balaban J connectivity index is -0.00000000381. The zero-order valence-electron chi connectivity index (χ0n) is 8.03. The van der Waals surface area contributed by atoms with Crippen molar-refractivity contribution in [2.24, 2.45) is 0 Å². The largest absolute Gasteiger partial charge is 2.00 e. The average molecular weight is 200 g/mol. The number of hydrogen-bond donors (Lipinski definition) is 2. The summed E-state index contributed by atoms with van der Waals surface area (Å²) in [7, 11) is -4.67. The summed E-state index contributed by atoms with van der Waals surface area (Å²) in [5.41, 5.74) is 0. The van der Waals surface area contributed by atoms with Crippen LogP contribution in [0.1, 0.15) is 5.71 Å². The molecule has 0 unspecified atom stereocenters. The molecular formula is H8Ca2O5S. The first-order valence-electron chi connectivity index (χ1n) is 0.698. The van der Waals surface area contributed by atoms with Crippen molar-refractivity contribution in [3.63, 3.8) is 0 Å². The summed E-state index contributed by atoms with van der Waals surface area (Å²) in [5.74, 6) is 0. The van der Waals surface area contributed by atoms with E-state index in [1.54, 1.807) is 0 Å². The van der Waals surface area contributed by atoms with Gasteiger partial charge in [0.1, 0.15) is 0 Å². The van der Waals surface area contributed by atoms with E-state index in [-0.39, 0.29) is 86.7 Å². The molecule has 0 aromatic heterocycles. The minimum absolute atomic E-state index is 0. The SMILES string of the molecule is O.O=S(=O)(O)O.[Ca+2].[Ca+2].[H-].[H-].[H-].[H-]. The van der Waals surface area contributed by atoms with Gasteiger partial charge in [0.25, 0.3) is 0 Å². The predicted octanol–water partition coefficient (Wildman–Crippen LogP) is -1.79. The van der Waals surface area contributed by atoms with E-state index >= 15 is 0 Å². The van der Waals surface area contributed by atoms with E-state index in [2.05, 4.69) is 0 Å². The predicted molar refractivity (Wildman–Crippen MR) is 33.7 cm³/mol. The molecular weight excluding hydrogens is 192 g/mol. The summed E-state index contributed by atoms with van der Waals surface area (Å²) < 4.78 is 31.6. The molecule has 4 N–H and O–H groups in total. The van der Waals surface area contributed by atoms with Gasteiger partial charge in [0, 0.05) is 0 Å². The molecule has 0 heterocycles. The fourth-order valence-electron chi connectivity index (χ4n) is 0. The van der Waals surface area contributed by atoms with Crippen molar-refractivity contribution in [2.75, 3.05) is 0 Å². The summed E-state index contributed by atoms with van der Waals surface area (Å²) in [6.45, 7) is 0. The van der Waals surface area contributed by atoms with E-state index in [9.17, 15) is 0 Å². The van der Waals surface area contributed by atoms with Gasteiger partial charge in [-0.15, -0.1) is 0 Å². The van der Waals surface area contributed by atoms with Crippen LogP contribution in [-0.2, 0) is 10.4 Å². The van der Waals surface area contributed by atoms with Gasteiger partial charge in [-0.2, -0.15) is 8.42 Å². The molecule has 8 heavy (non-hydrogen) atoms. The first kappa shape index (κ1) is 22.4. The third-order valence-electron chi connectivity index (χ3n) is 0. The van der Waals surface area contributed by atoms with Crippen molar-refractivity contribution >= 4 is 85.9 Å². The van der Waals surface area contributed by atoms with Crippen molar-refractivity contribution in [1.82, 2.24) is 0 Å². The molecule has 0 spiro atoms. The summed E-state index contributed by atoms with van der Waals surface area (Å²) in [6.07, 6.45) is 0.